The minimum Gasteiger partial charge on any atom is -0.477 e. The molecule has 2 rings (SSSR count). The molecule has 0 spiro atoms. The van der Waals surface area contributed by atoms with Crippen molar-refractivity contribution in [2.75, 3.05) is 5.32 Å². The molecule has 0 fully saturated rings. The minimum atomic E-state index is -1.23. The molecule has 114 valence electrons. The van der Waals surface area contributed by atoms with Crippen molar-refractivity contribution in [1.82, 2.24) is 4.98 Å². The van der Waals surface area contributed by atoms with Gasteiger partial charge in [-0.25, -0.2) is 9.59 Å². The van der Waals surface area contributed by atoms with Crippen LogP contribution in [0.2, 0.25) is 0 Å². The molecule has 0 saturated carbocycles. The third kappa shape index (κ3) is 3.72. The van der Waals surface area contributed by atoms with Crippen molar-refractivity contribution < 1.29 is 24.2 Å². The van der Waals surface area contributed by atoms with E-state index in [0.29, 0.717) is 0 Å². The molecule has 1 amide bonds. The number of benzene rings is 1. The van der Waals surface area contributed by atoms with Crippen molar-refractivity contribution in [3.8, 4) is 0 Å². The number of carboxylic acids is 1. The van der Waals surface area contributed by atoms with Crippen LogP contribution in [-0.2, 0) is 11.3 Å². The van der Waals surface area contributed by atoms with Gasteiger partial charge in [0, 0.05) is 0 Å². The van der Waals surface area contributed by atoms with Crippen LogP contribution in [0, 0.1) is 0 Å². The number of carbonyl (C=O) groups is 3. The molecule has 0 radical (unpaired) electrons. The van der Waals surface area contributed by atoms with E-state index in [1.165, 1.54) is 6.92 Å². The maximum Gasteiger partial charge on any atom is 0.413 e. The van der Waals surface area contributed by atoms with E-state index in [4.69, 9.17) is 9.84 Å². The summed E-state index contributed by atoms with van der Waals surface area (Å²) in [6.45, 7) is 1.34. The zero-order valence-corrected chi connectivity index (χ0v) is 11.8. The summed E-state index contributed by atoms with van der Waals surface area (Å²) in [6, 6.07) is 10.2. The number of ketones is 1. The Bertz CT molecular complexity index is 706. The molecule has 0 unspecified atom stereocenters. The van der Waals surface area contributed by atoms with Crippen LogP contribution in [0.3, 0.4) is 0 Å². The van der Waals surface area contributed by atoms with E-state index in [2.05, 4.69) is 10.3 Å². The molecule has 1 aromatic carbocycles. The van der Waals surface area contributed by atoms with Crippen molar-refractivity contribution in [1.29, 1.82) is 0 Å². The van der Waals surface area contributed by atoms with Gasteiger partial charge in [0.1, 0.15) is 18.1 Å². The highest BCUT2D eigenvalue weighted by molar-refractivity contribution is 6.04. The maximum atomic E-state index is 11.7. The number of aromatic nitrogens is 1. The first-order valence-corrected chi connectivity index (χ1v) is 6.42. The number of amides is 1. The molecular weight excluding hydrogens is 288 g/mol. The zero-order chi connectivity index (χ0) is 16.1. The Morgan fingerprint density at radius 2 is 1.91 bits per heavy atom. The van der Waals surface area contributed by atoms with E-state index in [-0.39, 0.29) is 29.5 Å². The number of ether oxygens (including phenoxy) is 1. The molecule has 1 heterocycles. The van der Waals surface area contributed by atoms with Crippen LogP contribution in [0.1, 0.15) is 33.3 Å². The summed E-state index contributed by atoms with van der Waals surface area (Å²) in [5, 5.41) is 11.2. The van der Waals surface area contributed by atoms with Crippen LogP contribution < -0.4 is 5.32 Å². The average Bonchev–Trinajstić information content (AvgIpc) is 2.90. The summed E-state index contributed by atoms with van der Waals surface area (Å²) in [7, 11) is 0. The van der Waals surface area contributed by atoms with Crippen molar-refractivity contribution >= 4 is 23.7 Å². The van der Waals surface area contributed by atoms with Crippen LogP contribution in [0.15, 0.2) is 36.4 Å². The molecule has 0 atom stereocenters. The van der Waals surface area contributed by atoms with E-state index < -0.39 is 12.1 Å². The fraction of sp³-hybridized carbons (Fsp3) is 0.133. The van der Waals surface area contributed by atoms with Crippen LogP contribution in [0.4, 0.5) is 10.6 Å². The SMILES string of the molecule is CC(=O)c1cc(C(=O)O)[nH]c1NC(=O)OCc1ccccc1. The van der Waals surface area contributed by atoms with Crippen molar-refractivity contribution in [3.05, 3.63) is 53.2 Å². The Balaban J connectivity index is 2.04. The predicted octanol–water partition coefficient (Wildman–Crippen LogP) is 2.66. The quantitative estimate of drug-likeness (QED) is 0.736. The lowest BCUT2D eigenvalue weighted by atomic mass is 10.2. The number of Topliss-reactive ketones (excluding diaryl/α,β-unsaturated/α-hetero) is 1. The van der Waals surface area contributed by atoms with Gasteiger partial charge in [-0.2, -0.15) is 0 Å². The first kappa shape index (κ1) is 15.3. The summed E-state index contributed by atoms with van der Waals surface area (Å²) in [5.41, 5.74) is 0.694. The number of rotatable bonds is 5. The third-order valence-corrected chi connectivity index (χ3v) is 2.87. The summed E-state index contributed by atoms with van der Waals surface area (Å²) in [6.07, 6.45) is -0.787. The van der Waals surface area contributed by atoms with Gasteiger partial charge in [-0.3, -0.25) is 10.1 Å². The van der Waals surface area contributed by atoms with E-state index in [1.807, 2.05) is 18.2 Å². The lowest BCUT2D eigenvalue weighted by Crippen LogP contribution is -2.15. The minimum absolute atomic E-state index is 0.00274. The van der Waals surface area contributed by atoms with Crippen molar-refractivity contribution in [3.63, 3.8) is 0 Å². The highest BCUT2D eigenvalue weighted by Gasteiger charge is 2.18. The first-order valence-electron chi connectivity index (χ1n) is 6.42. The third-order valence-electron chi connectivity index (χ3n) is 2.87. The summed E-state index contributed by atoms with van der Waals surface area (Å²) >= 11 is 0. The van der Waals surface area contributed by atoms with Gasteiger partial charge >= 0.3 is 12.1 Å². The van der Waals surface area contributed by atoms with Gasteiger partial charge in [-0.15, -0.1) is 0 Å². The smallest absolute Gasteiger partial charge is 0.413 e. The Morgan fingerprint density at radius 3 is 2.50 bits per heavy atom. The molecule has 0 aliphatic carbocycles. The Labute approximate surface area is 125 Å². The first-order chi connectivity index (χ1) is 10.5. The normalized spacial score (nSPS) is 10.0. The molecule has 7 heteroatoms. The highest BCUT2D eigenvalue weighted by Crippen LogP contribution is 2.18. The number of hydrogen-bond donors (Lipinski definition) is 3. The van der Waals surface area contributed by atoms with Crippen LogP contribution in [0.5, 0.6) is 0 Å². The molecule has 3 N–H and O–H groups in total. The number of hydrogen-bond acceptors (Lipinski definition) is 4. The van der Waals surface area contributed by atoms with Crippen molar-refractivity contribution in [2.45, 2.75) is 13.5 Å². The van der Waals surface area contributed by atoms with Crippen molar-refractivity contribution in [2.24, 2.45) is 0 Å². The fourth-order valence-electron chi connectivity index (χ4n) is 1.81. The molecule has 22 heavy (non-hydrogen) atoms. The fourth-order valence-corrected chi connectivity index (χ4v) is 1.81. The second-order valence-corrected chi connectivity index (χ2v) is 4.52. The van der Waals surface area contributed by atoms with E-state index in [9.17, 15) is 14.4 Å². The molecule has 0 bridgehead atoms. The number of aromatic amines is 1. The number of anilines is 1. The van der Waals surface area contributed by atoms with Gasteiger partial charge in [0.15, 0.2) is 5.78 Å². The number of carboxylic acid groups (broad SMARTS) is 1. The highest BCUT2D eigenvalue weighted by atomic mass is 16.5. The predicted molar refractivity (Wildman–Crippen MR) is 78.0 cm³/mol. The van der Waals surface area contributed by atoms with E-state index >= 15 is 0 Å². The van der Waals surface area contributed by atoms with Crippen LogP contribution >= 0.6 is 0 Å². The van der Waals surface area contributed by atoms with Crippen LogP contribution in [0.25, 0.3) is 0 Å². The van der Waals surface area contributed by atoms with Gasteiger partial charge in [0.05, 0.1) is 5.56 Å². The summed E-state index contributed by atoms with van der Waals surface area (Å²) in [4.78, 5) is 36.5. The molecule has 2 aromatic rings. The Hall–Kier alpha value is -3.09. The zero-order valence-electron chi connectivity index (χ0n) is 11.8. The van der Waals surface area contributed by atoms with Gasteiger partial charge in [-0.1, -0.05) is 30.3 Å². The topological polar surface area (TPSA) is 108 Å². The monoisotopic (exact) mass is 302 g/mol. The number of carbonyl (C=O) groups excluding carboxylic acids is 2. The van der Waals surface area contributed by atoms with Gasteiger partial charge in [-0.05, 0) is 18.6 Å². The molecule has 7 nitrogen and oxygen atoms in total. The average molecular weight is 302 g/mol. The number of aromatic carboxylic acids is 1. The molecule has 0 saturated heterocycles. The summed E-state index contributed by atoms with van der Waals surface area (Å²) < 4.78 is 5.01. The Kier molecular flexibility index (Phi) is 4.57. The standard InChI is InChI=1S/C15H14N2O5/c1-9(18)11-7-12(14(19)20)16-13(11)17-15(21)22-8-10-5-3-2-4-6-10/h2-7,16H,8H2,1H3,(H,17,21)(H,19,20). The molecular formula is C15H14N2O5. The number of H-pyrrole nitrogens is 1. The van der Waals surface area contributed by atoms with Gasteiger partial charge in [0.25, 0.3) is 0 Å². The largest absolute Gasteiger partial charge is 0.477 e. The molecule has 0 aliphatic heterocycles. The van der Waals surface area contributed by atoms with Crippen LogP contribution in [-0.4, -0.2) is 27.9 Å². The van der Waals surface area contributed by atoms with E-state index in [0.717, 1.165) is 11.6 Å². The molecule has 1 aromatic heterocycles. The second kappa shape index (κ2) is 6.57. The number of nitrogens with one attached hydrogen (secondary N) is 2. The Morgan fingerprint density at radius 1 is 1.23 bits per heavy atom. The van der Waals surface area contributed by atoms with E-state index in [1.54, 1.807) is 12.1 Å². The van der Waals surface area contributed by atoms with Gasteiger partial charge in [0.2, 0.25) is 0 Å². The lowest BCUT2D eigenvalue weighted by Gasteiger charge is -2.07. The molecule has 0 aliphatic rings. The summed E-state index contributed by atoms with van der Waals surface area (Å²) in [5.74, 6) is -1.60. The maximum absolute atomic E-state index is 11.7. The second-order valence-electron chi connectivity index (χ2n) is 4.52. The lowest BCUT2D eigenvalue weighted by molar-refractivity contribution is 0.0691. The van der Waals surface area contributed by atoms with Gasteiger partial charge < -0.3 is 14.8 Å².